The Morgan fingerprint density at radius 1 is 1.33 bits per heavy atom. The van der Waals surface area contributed by atoms with E-state index in [9.17, 15) is 0 Å². The van der Waals surface area contributed by atoms with Crippen molar-refractivity contribution < 1.29 is 0 Å². The van der Waals surface area contributed by atoms with Crippen LogP contribution in [0.4, 0.5) is 0 Å². The van der Waals surface area contributed by atoms with Gasteiger partial charge in [-0.2, -0.15) is 9.61 Å². The molecule has 2 aromatic rings. The van der Waals surface area contributed by atoms with Crippen LogP contribution in [0.15, 0.2) is 0 Å². The van der Waals surface area contributed by atoms with E-state index in [1.807, 2.05) is 4.52 Å². The minimum atomic E-state index is 0.303. The Kier molecular flexibility index (Phi) is 2.26. The molecule has 4 rings (SSSR count). The molecular weight excluding hydrogens is 246 g/mol. The third kappa shape index (κ3) is 1.33. The first-order chi connectivity index (χ1) is 8.78. The van der Waals surface area contributed by atoms with Crippen molar-refractivity contribution in [1.82, 2.24) is 19.8 Å². The normalized spacial score (nSPS) is 34.8. The topological polar surface area (TPSA) is 69.1 Å². The largest absolute Gasteiger partial charge is 0.327 e. The number of nitrogens with two attached hydrogens (primary N) is 1. The highest BCUT2D eigenvalue weighted by Crippen LogP contribution is 2.52. The summed E-state index contributed by atoms with van der Waals surface area (Å²) in [6.07, 6.45) is 4.80. The Bertz CT molecular complexity index is 586. The van der Waals surface area contributed by atoms with Gasteiger partial charge in [-0.25, -0.2) is 0 Å². The van der Waals surface area contributed by atoms with Crippen LogP contribution < -0.4 is 5.73 Å². The van der Waals surface area contributed by atoms with Crippen molar-refractivity contribution in [2.75, 3.05) is 0 Å². The van der Waals surface area contributed by atoms with E-state index in [1.54, 1.807) is 11.3 Å². The molecule has 2 aliphatic carbocycles. The fourth-order valence-electron chi connectivity index (χ4n) is 3.73. The smallest absolute Gasteiger partial charge is 0.234 e. The zero-order valence-corrected chi connectivity index (χ0v) is 11.2. The van der Waals surface area contributed by atoms with Gasteiger partial charge in [0.1, 0.15) is 5.01 Å². The second kappa shape index (κ2) is 3.74. The second-order valence-corrected chi connectivity index (χ2v) is 6.53. The summed E-state index contributed by atoms with van der Waals surface area (Å²) in [5.41, 5.74) is 6.38. The Morgan fingerprint density at radius 2 is 2.17 bits per heavy atom. The molecule has 0 amide bonds. The monoisotopic (exact) mass is 263 g/mol. The summed E-state index contributed by atoms with van der Waals surface area (Å²) in [6, 6.07) is 0.303. The van der Waals surface area contributed by atoms with Crippen molar-refractivity contribution in [2.45, 2.75) is 44.6 Å². The molecular formula is C12H17N5S. The molecule has 0 radical (unpaired) electrons. The maximum atomic E-state index is 6.38. The first-order valence-electron chi connectivity index (χ1n) is 6.74. The Morgan fingerprint density at radius 3 is 2.89 bits per heavy atom. The van der Waals surface area contributed by atoms with Crippen LogP contribution in [0, 0.1) is 11.8 Å². The predicted molar refractivity (Wildman–Crippen MR) is 69.6 cm³/mol. The first kappa shape index (κ1) is 10.9. The lowest BCUT2D eigenvalue weighted by atomic mass is 9.85. The zero-order valence-electron chi connectivity index (χ0n) is 10.4. The number of hydrogen-bond donors (Lipinski definition) is 1. The average Bonchev–Trinajstić information content (AvgIpc) is 3.06. The molecule has 2 N–H and O–H groups in total. The average molecular weight is 263 g/mol. The molecule has 0 aliphatic heterocycles. The highest BCUT2D eigenvalue weighted by molar-refractivity contribution is 7.16. The Balaban J connectivity index is 1.76. The molecule has 0 spiro atoms. The van der Waals surface area contributed by atoms with Crippen molar-refractivity contribution in [3.63, 3.8) is 0 Å². The van der Waals surface area contributed by atoms with Crippen LogP contribution in [-0.4, -0.2) is 25.9 Å². The van der Waals surface area contributed by atoms with Gasteiger partial charge in [0.25, 0.3) is 0 Å². The van der Waals surface area contributed by atoms with Crippen molar-refractivity contribution in [3.8, 4) is 0 Å². The molecule has 0 aromatic carbocycles. The second-order valence-electron chi connectivity index (χ2n) is 5.54. The highest BCUT2D eigenvalue weighted by Gasteiger charge is 2.47. The van der Waals surface area contributed by atoms with E-state index in [-0.39, 0.29) is 0 Å². The molecule has 0 saturated heterocycles. The van der Waals surface area contributed by atoms with Crippen LogP contribution in [0.2, 0.25) is 0 Å². The minimum absolute atomic E-state index is 0.303. The molecule has 4 atom stereocenters. The lowest BCUT2D eigenvalue weighted by molar-refractivity contribution is 0.363. The highest BCUT2D eigenvalue weighted by atomic mass is 32.1. The minimum Gasteiger partial charge on any atom is -0.327 e. The van der Waals surface area contributed by atoms with E-state index in [4.69, 9.17) is 10.8 Å². The molecule has 5 nitrogen and oxygen atoms in total. The number of aryl methyl sites for hydroxylation is 1. The summed E-state index contributed by atoms with van der Waals surface area (Å²) in [6.45, 7) is 2.08. The summed E-state index contributed by atoms with van der Waals surface area (Å²) < 4.78 is 1.90. The third-order valence-electron chi connectivity index (χ3n) is 4.65. The fourth-order valence-corrected chi connectivity index (χ4v) is 4.84. The van der Waals surface area contributed by atoms with Crippen LogP contribution in [-0.2, 0) is 6.42 Å². The molecule has 2 saturated carbocycles. The third-order valence-corrected chi connectivity index (χ3v) is 5.65. The molecule has 2 aromatic heterocycles. The molecule has 96 valence electrons. The van der Waals surface area contributed by atoms with Gasteiger partial charge in [0.15, 0.2) is 5.82 Å². The SMILES string of the molecule is CCc1nnc2sc(C3C4CCC(C4)C3N)nn12. The molecule has 2 bridgehead atoms. The fraction of sp³-hybridized carbons (Fsp3) is 0.750. The molecule has 2 fully saturated rings. The summed E-state index contributed by atoms with van der Waals surface area (Å²) in [5, 5.41) is 14.2. The van der Waals surface area contributed by atoms with Crippen molar-refractivity contribution >= 4 is 16.3 Å². The van der Waals surface area contributed by atoms with Gasteiger partial charge in [0, 0.05) is 18.4 Å². The van der Waals surface area contributed by atoms with Crippen LogP contribution in [0.1, 0.15) is 42.9 Å². The van der Waals surface area contributed by atoms with E-state index in [0.29, 0.717) is 12.0 Å². The van der Waals surface area contributed by atoms with E-state index in [1.165, 1.54) is 24.3 Å². The van der Waals surface area contributed by atoms with Crippen LogP contribution in [0.5, 0.6) is 0 Å². The van der Waals surface area contributed by atoms with Crippen molar-refractivity contribution in [2.24, 2.45) is 17.6 Å². The number of rotatable bonds is 2. The van der Waals surface area contributed by atoms with Gasteiger partial charge in [0.2, 0.25) is 4.96 Å². The van der Waals surface area contributed by atoms with Crippen molar-refractivity contribution in [3.05, 3.63) is 10.8 Å². The summed E-state index contributed by atoms with van der Waals surface area (Å²) >= 11 is 1.67. The number of nitrogens with zero attached hydrogens (tertiary/aromatic N) is 4. The van der Waals surface area contributed by atoms with Gasteiger partial charge in [-0.05, 0) is 31.1 Å². The molecule has 18 heavy (non-hydrogen) atoms. The molecule has 4 unspecified atom stereocenters. The van der Waals surface area contributed by atoms with Gasteiger partial charge in [-0.3, -0.25) is 0 Å². The number of hydrogen-bond acceptors (Lipinski definition) is 5. The number of fused-ring (bicyclic) bond motifs is 3. The molecule has 6 heteroatoms. The molecule has 2 aliphatic rings. The van der Waals surface area contributed by atoms with Crippen LogP contribution in [0.25, 0.3) is 4.96 Å². The molecule has 2 heterocycles. The van der Waals surface area contributed by atoms with E-state index < -0.39 is 0 Å². The summed E-state index contributed by atoms with van der Waals surface area (Å²) in [7, 11) is 0. The lowest BCUT2D eigenvalue weighted by Gasteiger charge is -2.25. The quantitative estimate of drug-likeness (QED) is 0.893. The van der Waals surface area contributed by atoms with E-state index in [2.05, 4.69) is 17.1 Å². The van der Waals surface area contributed by atoms with Crippen LogP contribution in [0.3, 0.4) is 0 Å². The lowest BCUT2D eigenvalue weighted by Crippen LogP contribution is -2.34. The van der Waals surface area contributed by atoms with Crippen molar-refractivity contribution in [1.29, 1.82) is 0 Å². The predicted octanol–water partition coefficient (Wildman–Crippen LogP) is 1.59. The zero-order chi connectivity index (χ0) is 12.3. The Hall–Kier alpha value is -1.01. The first-order valence-corrected chi connectivity index (χ1v) is 7.56. The van der Waals surface area contributed by atoms with E-state index >= 15 is 0 Å². The summed E-state index contributed by atoms with van der Waals surface area (Å²) in [5.74, 6) is 2.88. The van der Waals surface area contributed by atoms with Gasteiger partial charge >= 0.3 is 0 Å². The van der Waals surface area contributed by atoms with Gasteiger partial charge < -0.3 is 5.73 Å². The number of aromatic nitrogens is 4. The van der Waals surface area contributed by atoms with Gasteiger partial charge in [-0.1, -0.05) is 18.3 Å². The standard InChI is InChI=1S/C12H17N5S/c1-2-8-14-15-12-17(8)16-11(18-12)9-6-3-4-7(5-6)10(9)13/h6-7,9-10H,2-5,13H2,1H3. The maximum absolute atomic E-state index is 6.38. The Labute approximate surface area is 109 Å². The van der Waals surface area contributed by atoms with Gasteiger partial charge in [0.05, 0.1) is 0 Å². The van der Waals surface area contributed by atoms with Gasteiger partial charge in [-0.15, -0.1) is 10.2 Å². The van der Waals surface area contributed by atoms with Crippen LogP contribution >= 0.6 is 11.3 Å². The van der Waals surface area contributed by atoms with E-state index in [0.717, 1.165) is 29.0 Å². The maximum Gasteiger partial charge on any atom is 0.234 e. The summed E-state index contributed by atoms with van der Waals surface area (Å²) in [4.78, 5) is 0.914.